The van der Waals surface area contributed by atoms with E-state index in [1.807, 2.05) is 24.3 Å². The van der Waals surface area contributed by atoms with E-state index in [-0.39, 0.29) is 6.54 Å². The second-order valence-corrected chi connectivity index (χ2v) is 6.48. The van der Waals surface area contributed by atoms with Gasteiger partial charge >= 0.3 is 5.97 Å². The minimum Gasteiger partial charge on any atom is -0.459 e. The number of halogens is 1. The van der Waals surface area contributed by atoms with Crippen molar-refractivity contribution in [2.75, 3.05) is 6.54 Å². The molecular formula is C14H21BrN2O2. The molecule has 0 aliphatic rings. The van der Waals surface area contributed by atoms with E-state index in [1.54, 1.807) is 20.8 Å². The summed E-state index contributed by atoms with van der Waals surface area (Å²) in [5.74, 6) is -0.474. The largest absolute Gasteiger partial charge is 0.459 e. The van der Waals surface area contributed by atoms with Gasteiger partial charge in [0, 0.05) is 17.4 Å². The van der Waals surface area contributed by atoms with Crippen molar-refractivity contribution in [1.29, 1.82) is 0 Å². The van der Waals surface area contributed by atoms with E-state index in [0.717, 1.165) is 10.0 Å². The summed E-state index contributed by atoms with van der Waals surface area (Å²) in [6.45, 7) is 5.45. The third-order valence-corrected chi connectivity index (χ3v) is 3.41. The summed E-state index contributed by atoms with van der Waals surface area (Å²) in [4.78, 5) is 12.2. The molecule has 0 amide bonds. The zero-order chi connectivity index (χ0) is 14.7. The van der Waals surface area contributed by atoms with Crippen LogP contribution in [0.5, 0.6) is 0 Å². The Morgan fingerprint density at radius 2 is 1.89 bits per heavy atom. The molecule has 0 saturated heterocycles. The highest BCUT2D eigenvalue weighted by Gasteiger charge is 2.37. The molecule has 106 valence electrons. The van der Waals surface area contributed by atoms with Gasteiger partial charge in [0.15, 0.2) is 0 Å². The van der Waals surface area contributed by atoms with E-state index >= 15 is 0 Å². The first kappa shape index (κ1) is 16.1. The number of carbonyl (C=O) groups is 1. The first-order valence-electron chi connectivity index (χ1n) is 6.14. The molecule has 0 saturated carbocycles. The number of hydrogen-bond acceptors (Lipinski definition) is 4. The number of ether oxygens (including phenoxy) is 1. The van der Waals surface area contributed by atoms with Crippen LogP contribution in [0.1, 0.15) is 26.3 Å². The van der Waals surface area contributed by atoms with Crippen molar-refractivity contribution in [2.24, 2.45) is 11.5 Å². The highest BCUT2D eigenvalue weighted by Crippen LogP contribution is 2.22. The first-order valence-corrected chi connectivity index (χ1v) is 6.93. The first-order chi connectivity index (χ1) is 8.68. The number of nitrogens with two attached hydrogens (primary N) is 2. The molecule has 0 heterocycles. The van der Waals surface area contributed by atoms with Gasteiger partial charge in [-0.3, -0.25) is 0 Å². The van der Waals surface area contributed by atoms with Crippen LogP contribution in [0.15, 0.2) is 28.7 Å². The predicted octanol–water partition coefficient (Wildman–Crippen LogP) is 1.99. The van der Waals surface area contributed by atoms with Crippen molar-refractivity contribution in [3.63, 3.8) is 0 Å². The molecule has 1 unspecified atom stereocenters. The monoisotopic (exact) mass is 328 g/mol. The molecule has 0 fully saturated rings. The van der Waals surface area contributed by atoms with Crippen LogP contribution >= 0.6 is 15.9 Å². The van der Waals surface area contributed by atoms with Gasteiger partial charge in [-0.15, -0.1) is 0 Å². The average Bonchev–Trinajstić information content (AvgIpc) is 2.29. The quantitative estimate of drug-likeness (QED) is 0.828. The maximum absolute atomic E-state index is 12.2. The van der Waals surface area contributed by atoms with E-state index in [2.05, 4.69) is 15.9 Å². The van der Waals surface area contributed by atoms with Crippen LogP contribution in [0.3, 0.4) is 0 Å². The second-order valence-electron chi connectivity index (χ2n) is 5.63. The Bertz CT molecular complexity index is 457. The molecule has 0 radical (unpaired) electrons. The van der Waals surface area contributed by atoms with Crippen molar-refractivity contribution >= 4 is 21.9 Å². The van der Waals surface area contributed by atoms with Gasteiger partial charge in [0.25, 0.3) is 0 Å². The van der Waals surface area contributed by atoms with Crippen LogP contribution in [0, 0.1) is 0 Å². The standard InChI is InChI=1S/C14H21BrN2O2/c1-13(2,3)19-12(18)14(17,9-16)8-10-6-4-5-7-11(10)15/h4-7H,8-9,16-17H2,1-3H3. The fourth-order valence-corrected chi connectivity index (χ4v) is 2.01. The van der Waals surface area contributed by atoms with Crippen molar-refractivity contribution in [3.8, 4) is 0 Å². The van der Waals surface area contributed by atoms with E-state index < -0.39 is 17.1 Å². The van der Waals surface area contributed by atoms with Crippen LogP contribution < -0.4 is 11.5 Å². The molecule has 1 aromatic rings. The van der Waals surface area contributed by atoms with E-state index in [9.17, 15) is 4.79 Å². The fraction of sp³-hybridized carbons (Fsp3) is 0.500. The Kier molecular flexibility index (Phi) is 5.12. The minimum absolute atomic E-state index is 0.0310. The molecule has 4 nitrogen and oxygen atoms in total. The summed E-state index contributed by atoms with van der Waals surface area (Å²) >= 11 is 3.44. The molecule has 0 aromatic heterocycles. The Morgan fingerprint density at radius 3 is 2.37 bits per heavy atom. The Labute approximate surface area is 122 Å². The van der Waals surface area contributed by atoms with Gasteiger partial charge in [0.1, 0.15) is 11.1 Å². The predicted molar refractivity (Wildman–Crippen MR) is 79.7 cm³/mol. The van der Waals surface area contributed by atoms with Crippen molar-refractivity contribution < 1.29 is 9.53 Å². The molecule has 4 N–H and O–H groups in total. The summed E-state index contributed by atoms with van der Waals surface area (Å²) < 4.78 is 6.25. The topological polar surface area (TPSA) is 78.3 Å². The van der Waals surface area contributed by atoms with Crippen LogP contribution in [0.2, 0.25) is 0 Å². The fourth-order valence-electron chi connectivity index (χ4n) is 1.59. The lowest BCUT2D eigenvalue weighted by Crippen LogP contribution is -2.57. The lowest BCUT2D eigenvalue weighted by molar-refractivity contribution is -0.161. The SMILES string of the molecule is CC(C)(C)OC(=O)C(N)(CN)Cc1ccccc1Br. The maximum Gasteiger partial charge on any atom is 0.328 e. The van der Waals surface area contributed by atoms with Crippen LogP contribution in [0.25, 0.3) is 0 Å². The zero-order valence-corrected chi connectivity index (χ0v) is 13.2. The molecule has 0 aliphatic heterocycles. The van der Waals surface area contributed by atoms with Crippen molar-refractivity contribution in [3.05, 3.63) is 34.3 Å². The zero-order valence-electron chi connectivity index (χ0n) is 11.6. The normalized spacial score (nSPS) is 14.8. The van der Waals surface area contributed by atoms with Crippen LogP contribution in [-0.2, 0) is 16.0 Å². The molecule has 1 rings (SSSR count). The molecule has 1 atom stereocenters. The molecule has 0 bridgehead atoms. The van der Waals surface area contributed by atoms with Crippen LogP contribution in [0.4, 0.5) is 0 Å². The van der Waals surface area contributed by atoms with E-state index in [4.69, 9.17) is 16.2 Å². The summed E-state index contributed by atoms with van der Waals surface area (Å²) in [6, 6.07) is 7.61. The lowest BCUT2D eigenvalue weighted by Gasteiger charge is -2.30. The number of rotatable bonds is 4. The van der Waals surface area contributed by atoms with Crippen molar-refractivity contribution in [1.82, 2.24) is 0 Å². The smallest absolute Gasteiger partial charge is 0.328 e. The maximum atomic E-state index is 12.2. The Morgan fingerprint density at radius 1 is 1.32 bits per heavy atom. The van der Waals surface area contributed by atoms with Crippen LogP contribution in [-0.4, -0.2) is 23.7 Å². The Balaban J connectivity index is 2.92. The molecule has 0 aliphatic carbocycles. The van der Waals surface area contributed by atoms with Gasteiger partial charge < -0.3 is 16.2 Å². The number of carbonyl (C=O) groups excluding carboxylic acids is 1. The van der Waals surface area contributed by atoms with Gasteiger partial charge in [-0.25, -0.2) is 4.79 Å². The van der Waals surface area contributed by atoms with E-state index in [1.165, 1.54) is 0 Å². The van der Waals surface area contributed by atoms with Crippen molar-refractivity contribution in [2.45, 2.75) is 38.3 Å². The third kappa shape index (κ3) is 4.60. The average molecular weight is 329 g/mol. The Hall–Kier alpha value is -0.910. The number of esters is 1. The molecule has 19 heavy (non-hydrogen) atoms. The molecule has 1 aromatic carbocycles. The van der Waals surface area contributed by atoms with Gasteiger partial charge in [-0.05, 0) is 32.4 Å². The lowest BCUT2D eigenvalue weighted by atomic mass is 9.91. The summed E-state index contributed by atoms with van der Waals surface area (Å²) in [7, 11) is 0. The number of benzene rings is 1. The van der Waals surface area contributed by atoms with Gasteiger partial charge in [-0.2, -0.15) is 0 Å². The minimum atomic E-state index is -1.21. The van der Waals surface area contributed by atoms with Gasteiger partial charge in [0.2, 0.25) is 0 Å². The second kappa shape index (κ2) is 6.03. The highest BCUT2D eigenvalue weighted by molar-refractivity contribution is 9.10. The molecular weight excluding hydrogens is 308 g/mol. The van der Waals surface area contributed by atoms with Gasteiger partial charge in [0.05, 0.1) is 0 Å². The number of hydrogen-bond donors (Lipinski definition) is 2. The molecule has 0 spiro atoms. The van der Waals surface area contributed by atoms with Gasteiger partial charge in [-0.1, -0.05) is 34.1 Å². The highest BCUT2D eigenvalue weighted by atomic mass is 79.9. The molecule has 5 heteroatoms. The summed E-state index contributed by atoms with van der Waals surface area (Å²) in [5, 5.41) is 0. The summed E-state index contributed by atoms with van der Waals surface area (Å²) in [5.41, 5.74) is 11.0. The third-order valence-electron chi connectivity index (χ3n) is 2.63. The summed E-state index contributed by atoms with van der Waals surface area (Å²) in [6.07, 6.45) is 0.333. The van der Waals surface area contributed by atoms with E-state index in [0.29, 0.717) is 6.42 Å².